The fourth-order valence-corrected chi connectivity index (χ4v) is 5.70. The third kappa shape index (κ3) is 4.24. The lowest BCUT2D eigenvalue weighted by molar-refractivity contribution is 0.00573. The highest BCUT2D eigenvalue weighted by Gasteiger charge is 2.45. The maximum Gasteiger partial charge on any atom is 0.157 e. The molecule has 0 aromatic heterocycles. The number of fused-ring (bicyclic) bond motifs is 2. The van der Waals surface area contributed by atoms with E-state index in [0.29, 0.717) is 5.56 Å². The Labute approximate surface area is 237 Å². The molecule has 0 radical (unpaired) electrons. The van der Waals surface area contributed by atoms with Crippen LogP contribution in [0.5, 0.6) is 57.5 Å². The second-order valence-electron chi connectivity index (χ2n) is 10.3. The third-order valence-corrected chi connectivity index (χ3v) is 7.69. The van der Waals surface area contributed by atoms with Crippen LogP contribution >= 0.6 is 0 Å². The molecule has 0 saturated heterocycles. The Bertz CT molecular complexity index is 1720. The number of benzene rings is 4. The number of hydrogen-bond acceptors (Lipinski definition) is 12. The minimum atomic E-state index is -1.60. The van der Waals surface area contributed by atoms with Crippen molar-refractivity contribution in [2.24, 2.45) is 0 Å². The maximum atomic E-state index is 11.6. The number of aliphatic hydroxyl groups is 2. The van der Waals surface area contributed by atoms with Crippen LogP contribution in [0.1, 0.15) is 45.9 Å². The Morgan fingerprint density at radius 3 is 1.74 bits per heavy atom. The molecular weight excluding hydrogens is 552 g/mol. The van der Waals surface area contributed by atoms with E-state index in [0.717, 1.165) is 12.1 Å². The molecule has 0 unspecified atom stereocenters. The van der Waals surface area contributed by atoms with Crippen molar-refractivity contribution in [3.8, 4) is 57.5 Å². The van der Waals surface area contributed by atoms with Crippen molar-refractivity contribution in [3.05, 3.63) is 82.4 Å². The van der Waals surface area contributed by atoms with Crippen molar-refractivity contribution in [2.45, 2.75) is 36.8 Å². The summed E-state index contributed by atoms with van der Waals surface area (Å²) in [6.45, 7) is 0. The summed E-state index contributed by atoms with van der Waals surface area (Å²) < 4.78 is 11.8. The topological polar surface area (TPSA) is 221 Å². The molecular formula is C30H26O12. The van der Waals surface area contributed by atoms with Gasteiger partial charge < -0.3 is 60.5 Å². The quantitative estimate of drug-likeness (QED) is 0.159. The van der Waals surface area contributed by atoms with Gasteiger partial charge in [0.2, 0.25) is 0 Å². The second-order valence-corrected chi connectivity index (χ2v) is 10.3. The highest BCUT2D eigenvalue weighted by Crippen LogP contribution is 2.56. The third-order valence-electron chi connectivity index (χ3n) is 7.69. The number of aromatic hydroxyl groups is 8. The first kappa shape index (κ1) is 27.0. The van der Waals surface area contributed by atoms with Crippen molar-refractivity contribution < 1.29 is 60.5 Å². The Hall–Kier alpha value is -5.20. The zero-order valence-corrected chi connectivity index (χ0v) is 21.6. The van der Waals surface area contributed by atoms with Gasteiger partial charge in [-0.1, -0.05) is 12.1 Å². The van der Waals surface area contributed by atoms with E-state index in [2.05, 4.69) is 0 Å². The highest BCUT2D eigenvalue weighted by molar-refractivity contribution is 5.65. The first-order valence-corrected chi connectivity index (χ1v) is 12.8. The van der Waals surface area contributed by atoms with Crippen molar-refractivity contribution in [1.82, 2.24) is 0 Å². The Morgan fingerprint density at radius 2 is 1.12 bits per heavy atom. The van der Waals surface area contributed by atoms with E-state index in [1.54, 1.807) is 0 Å². The van der Waals surface area contributed by atoms with Gasteiger partial charge in [0, 0.05) is 41.3 Å². The van der Waals surface area contributed by atoms with E-state index in [9.17, 15) is 51.1 Å². The van der Waals surface area contributed by atoms with Gasteiger partial charge in [0.05, 0.1) is 12.0 Å². The Balaban J connectivity index is 1.47. The molecule has 0 spiro atoms. The summed E-state index contributed by atoms with van der Waals surface area (Å²) in [5.74, 6) is -5.07. The van der Waals surface area contributed by atoms with Gasteiger partial charge in [-0.3, -0.25) is 0 Å². The van der Waals surface area contributed by atoms with E-state index < -0.39 is 64.8 Å². The van der Waals surface area contributed by atoms with Crippen LogP contribution in [-0.2, 0) is 6.42 Å². The fraction of sp³-hybridized carbons (Fsp3) is 0.200. The SMILES string of the molecule is Oc1cc(O)c2c(c1)O[C@H](c1ccc(O)c(O)c1)[C@H](O)[C@H]2c1c(O)cc2c(c1O)C[C@H](O)[C@@H](c1ccc(O)c(O)c1)O2. The van der Waals surface area contributed by atoms with Gasteiger partial charge >= 0.3 is 0 Å². The molecule has 12 heteroatoms. The van der Waals surface area contributed by atoms with Crippen LogP contribution in [0.3, 0.4) is 0 Å². The molecule has 4 aromatic rings. The maximum absolute atomic E-state index is 11.6. The van der Waals surface area contributed by atoms with E-state index in [4.69, 9.17) is 9.47 Å². The van der Waals surface area contributed by atoms with E-state index in [1.165, 1.54) is 42.5 Å². The largest absolute Gasteiger partial charge is 0.508 e. The summed E-state index contributed by atoms with van der Waals surface area (Å²) in [6.07, 6.45) is -5.31. The summed E-state index contributed by atoms with van der Waals surface area (Å²) in [7, 11) is 0. The van der Waals surface area contributed by atoms with Crippen LogP contribution in [0.4, 0.5) is 0 Å². The molecule has 5 atom stereocenters. The Morgan fingerprint density at radius 1 is 0.548 bits per heavy atom. The van der Waals surface area contributed by atoms with Gasteiger partial charge in [-0.05, 0) is 35.4 Å². The number of phenols is 8. The molecule has 0 bridgehead atoms. The molecule has 2 heterocycles. The van der Waals surface area contributed by atoms with E-state index in [-0.39, 0.29) is 51.7 Å². The van der Waals surface area contributed by atoms with Gasteiger partial charge in [0.1, 0.15) is 46.7 Å². The van der Waals surface area contributed by atoms with Crippen molar-refractivity contribution >= 4 is 0 Å². The Kier molecular flexibility index (Phi) is 6.24. The molecule has 218 valence electrons. The number of rotatable bonds is 3. The smallest absolute Gasteiger partial charge is 0.157 e. The molecule has 4 aromatic carbocycles. The van der Waals surface area contributed by atoms with Gasteiger partial charge in [-0.25, -0.2) is 0 Å². The average Bonchev–Trinajstić information content (AvgIpc) is 2.93. The predicted molar refractivity (Wildman–Crippen MR) is 143 cm³/mol. The van der Waals surface area contributed by atoms with Crippen molar-refractivity contribution in [1.29, 1.82) is 0 Å². The predicted octanol–water partition coefficient (Wildman–Crippen LogP) is 3.00. The van der Waals surface area contributed by atoms with E-state index >= 15 is 0 Å². The lowest BCUT2D eigenvalue weighted by atomic mass is 9.77. The first-order chi connectivity index (χ1) is 19.9. The minimum Gasteiger partial charge on any atom is -0.508 e. The molecule has 2 aliphatic heterocycles. The van der Waals surface area contributed by atoms with Crippen LogP contribution < -0.4 is 9.47 Å². The zero-order valence-electron chi connectivity index (χ0n) is 21.6. The van der Waals surface area contributed by atoms with Gasteiger partial charge in [-0.15, -0.1) is 0 Å². The van der Waals surface area contributed by atoms with Crippen LogP contribution in [0.15, 0.2) is 54.6 Å². The molecule has 12 nitrogen and oxygen atoms in total. The molecule has 0 saturated carbocycles. The average molecular weight is 579 g/mol. The molecule has 42 heavy (non-hydrogen) atoms. The number of aliphatic hydroxyl groups excluding tert-OH is 2. The normalized spacial score (nSPS) is 22.9. The molecule has 0 amide bonds. The monoisotopic (exact) mass is 578 g/mol. The summed E-state index contributed by atoms with van der Waals surface area (Å²) in [5, 5.41) is 105. The number of hydrogen-bond donors (Lipinski definition) is 10. The first-order valence-electron chi connectivity index (χ1n) is 12.8. The van der Waals surface area contributed by atoms with Crippen LogP contribution in [0.25, 0.3) is 0 Å². The lowest BCUT2D eigenvalue weighted by Crippen LogP contribution is -2.35. The molecule has 2 aliphatic rings. The lowest BCUT2D eigenvalue weighted by Gasteiger charge is -2.39. The minimum absolute atomic E-state index is 0.00771. The summed E-state index contributed by atoms with van der Waals surface area (Å²) >= 11 is 0. The van der Waals surface area contributed by atoms with Crippen LogP contribution in [-0.4, -0.2) is 63.3 Å². The van der Waals surface area contributed by atoms with Crippen LogP contribution in [0.2, 0.25) is 0 Å². The summed E-state index contributed by atoms with van der Waals surface area (Å²) in [5.41, 5.74) is 0.333. The van der Waals surface area contributed by atoms with Gasteiger partial charge in [0.15, 0.2) is 29.1 Å². The zero-order chi connectivity index (χ0) is 30.0. The van der Waals surface area contributed by atoms with Gasteiger partial charge in [-0.2, -0.15) is 0 Å². The summed E-state index contributed by atoms with van der Waals surface area (Å²) in [4.78, 5) is 0. The fourth-order valence-electron chi connectivity index (χ4n) is 5.70. The molecule has 0 aliphatic carbocycles. The van der Waals surface area contributed by atoms with Crippen LogP contribution in [0, 0.1) is 0 Å². The standard InChI is InChI=1S/C30H26O12/c31-13-7-19(36)24-23(8-13)42-30(12-2-4-16(33)18(35)6-12)28(40)26(24)25-20(37)10-22-14(27(25)39)9-21(38)29(41-22)11-1-3-15(32)17(34)5-11/h1-8,10,21,26,28-40H,9H2/t21-,26+,28+,29+,30+/m0/s1. The number of ether oxygens (including phenoxy) is 2. The molecule has 10 N–H and O–H groups in total. The molecule has 0 fully saturated rings. The van der Waals surface area contributed by atoms with E-state index in [1.807, 2.05) is 0 Å². The van der Waals surface area contributed by atoms with Crippen molar-refractivity contribution in [3.63, 3.8) is 0 Å². The van der Waals surface area contributed by atoms with Gasteiger partial charge in [0.25, 0.3) is 0 Å². The van der Waals surface area contributed by atoms with Crippen molar-refractivity contribution in [2.75, 3.05) is 0 Å². The summed E-state index contributed by atoms with van der Waals surface area (Å²) in [6, 6.07) is 11.0. The number of phenolic OH excluding ortho intramolecular Hbond substituents is 8. The molecule has 6 rings (SSSR count). The highest BCUT2D eigenvalue weighted by atomic mass is 16.5. The second kappa shape index (κ2) is 9.72.